The van der Waals surface area contributed by atoms with E-state index in [-0.39, 0.29) is 0 Å². The largest absolute Gasteiger partial charge is 0.310 e. The van der Waals surface area contributed by atoms with Crippen molar-refractivity contribution in [1.29, 1.82) is 0 Å². The molecule has 0 radical (unpaired) electrons. The number of benzene rings is 9. The zero-order chi connectivity index (χ0) is 29.7. The van der Waals surface area contributed by atoms with Crippen LogP contribution in [0.15, 0.2) is 176 Å². The lowest BCUT2D eigenvalue weighted by molar-refractivity contribution is 1.30. The molecule has 210 valence electrons. The molecule has 0 bridgehead atoms. The van der Waals surface area contributed by atoms with Gasteiger partial charge in [-0.2, -0.15) is 0 Å². The van der Waals surface area contributed by atoms with Crippen LogP contribution in [-0.2, 0) is 0 Å². The highest BCUT2D eigenvalue weighted by molar-refractivity contribution is 6.25. The highest BCUT2D eigenvalue weighted by atomic mass is 15.1. The maximum atomic E-state index is 2.40. The third kappa shape index (κ3) is 4.24. The van der Waals surface area contributed by atoms with Gasteiger partial charge < -0.3 is 4.90 Å². The van der Waals surface area contributed by atoms with Crippen LogP contribution in [0.4, 0.5) is 17.1 Å². The fourth-order valence-corrected chi connectivity index (χ4v) is 7.06. The van der Waals surface area contributed by atoms with E-state index < -0.39 is 0 Å². The second-order valence-corrected chi connectivity index (χ2v) is 11.8. The molecule has 9 aromatic carbocycles. The molecule has 0 amide bonds. The van der Waals surface area contributed by atoms with Crippen molar-refractivity contribution in [1.82, 2.24) is 0 Å². The van der Waals surface area contributed by atoms with Crippen molar-refractivity contribution in [3.63, 3.8) is 0 Å². The van der Waals surface area contributed by atoms with Gasteiger partial charge in [0.05, 0.1) is 0 Å². The topological polar surface area (TPSA) is 3.24 Å². The summed E-state index contributed by atoms with van der Waals surface area (Å²) in [6, 6.07) is 64.1. The summed E-state index contributed by atoms with van der Waals surface area (Å²) in [7, 11) is 0. The number of rotatable bonds is 4. The Hall–Kier alpha value is -5.92. The van der Waals surface area contributed by atoms with Gasteiger partial charge in [-0.15, -0.1) is 0 Å². The molecule has 1 nitrogen and oxygen atoms in total. The van der Waals surface area contributed by atoms with E-state index in [0.29, 0.717) is 0 Å². The van der Waals surface area contributed by atoms with Gasteiger partial charge in [0.2, 0.25) is 0 Å². The third-order valence-electron chi connectivity index (χ3n) is 9.21. The quantitative estimate of drug-likeness (QED) is 0.190. The summed E-state index contributed by atoms with van der Waals surface area (Å²) in [5.74, 6) is 0. The minimum Gasteiger partial charge on any atom is -0.310 e. The summed E-state index contributed by atoms with van der Waals surface area (Å²) in [6.45, 7) is 0. The van der Waals surface area contributed by atoms with Crippen LogP contribution in [0.2, 0.25) is 0 Å². The molecule has 0 unspecified atom stereocenters. The normalized spacial score (nSPS) is 11.6. The first-order valence-electron chi connectivity index (χ1n) is 15.5. The Kier molecular flexibility index (Phi) is 5.89. The predicted octanol–water partition coefficient (Wildman–Crippen LogP) is 12.6. The summed E-state index contributed by atoms with van der Waals surface area (Å²) in [4.78, 5) is 2.40. The Morgan fingerprint density at radius 3 is 1.38 bits per heavy atom. The molecular formula is C44H29N. The fraction of sp³-hybridized carbons (Fsp3) is 0. The van der Waals surface area contributed by atoms with Gasteiger partial charge in [0.25, 0.3) is 0 Å². The van der Waals surface area contributed by atoms with E-state index in [0.717, 1.165) is 17.1 Å². The summed E-state index contributed by atoms with van der Waals surface area (Å²) in [5, 5.41) is 12.7. The van der Waals surface area contributed by atoms with E-state index in [1.807, 2.05) is 0 Å². The van der Waals surface area contributed by atoms with Crippen LogP contribution in [0, 0.1) is 0 Å². The summed E-state index contributed by atoms with van der Waals surface area (Å²) in [5.41, 5.74) is 5.82. The maximum Gasteiger partial charge on any atom is 0.0468 e. The van der Waals surface area contributed by atoms with E-state index in [4.69, 9.17) is 0 Å². The van der Waals surface area contributed by atoms with Crippen LogP contribution in [0.3, 0.4) is 0 Å². The number of anilines is 3. The minimum absolute atomic E-state index is 1.12. The molecule has 0 aromatic heterocycles. The molecule has 0 aliphatic rings. The van der Waals surface area contributed by atoms with E-state index >= 15 is 0 Å². The van der Waals surface area contributed by atoms with Crippen molar-refractivity contribution in [2.45, 2.75) is 0 Å². The minimum atomic E-state index is 1.12. The highest BCUT2D eigenvalue weighted by Gasteiger charge is 2.16. The zero-order valence-corrected chi connectivity index (χ0v) is 24.7. The Morgan fingerprint density at radius 2 is 0.689 bits per heavy atom. The van der Waals surface area contributed by atoms with Gasteiger partial charge in [-0.3, -0.25) is 0 Å². The summed E-state index contributed by atoms with van der Waals surface area (Å²) < 4.78 is 0. The molecule has 9 rings (SSSR count). The molecule has 0 spiro atoms. The van der Waals surface area contributed by atoms with Gasteiger partial charge in [0.15, 0.2) is 0 Å². The van der Waals surface area contributed by atoms with Crippen molar-refractivity contribution in [3.8, 4) is 11.1 Å². The first kappa shape index (κ1) is 25.6. The van der Waals surface area contributed by atoms with Crippen LogP contribution < -0.4 is 4.90 Å². The average Bonchev–Trinajstić information content (AvgIpc) is 3.12. The number of hydrogen-bond acceptors (Lipinski definition) is 1. The Bertz CT molecular complexity index is 2490. The zero-order valence-electron chi connectivity index (χ0n) is 24.7. The van der Waals surface area contributed by atoms with Crippen LogP contribution >= 0.6 is 0 Å². The monoisotopic (exact) mass is 571 g/mol. The van der Waals surface area contributed by atoms with Gasteiger partial charge >= 0.3 is 0 Å². The lowest BCUT2D eigenvalue weighted by atomic mass is 9.94. The second-order valence-electron chi connectivity index (χ2n) is 11.8. The molecule has 0 aliphatic heterocycles. The summed E-state index contributed by atoms with van der Waals surface area (Å²) in [6.07, 6.45) is 0. The maximum absolute atomic E-state index is 2.40. The van der Waals surface area contributed by atoms with E-state index in [1.165, 1.54) is 65.0 Å². The number of hydrogen-bond donors (Lipinski definition) is 0. The Balaban J connectivity index is 1.28. The third-order valence-corrected chi connectivity index (χ3v) is 9.21. The molecule has 0 saturated carbocycles. The van der Waals surface area contributed by atoms with Crippen LogP contribution in [0.25, 0.3) is 65.0 Å². The smallest absolute Gasteiger partial charge is 0.0468 e. The Labute approximate surface area is 262 Å². The average molecular weight is 572 g/mol. The van der Waals surface area contributed by atoms with Crippen LogP contribution in [0.1, 0.15) is 0 Å². The lowest BCUT2D eigenvalue weighted by Gasteiger charge is -2.27. The number of nitrogens with zero attached hydrogens (tertiary/aromatic N) is 1. The fourth-order valence-electron chi connectivity index (χ4n) is 7.06. The highest BCUT2D eigenvalue weighted by Crippen LogP contribution is 2.42. The standard InChI is InChI=1S/C44H29N/c1-2-10-30(11-3-1)31-20-22-34(23-21-31)45(35-24-26-38-33(28-35)19-18-32-12-4-5-13-37(32)38)36-25-27-43-41-16-7-6-14-39(41)40-15-8-9-17-42(40)44(43)29-36/h1-29H. The molecule has 1 heteroatoms. The molecular weight excluding hydrogens is 542 g/mol. The van der Waals surface area contributed by atoms with Crippen molar-refractivity contribution in [3.05, 3.63) is 176 Å². The van der Waals surface area contributed by atoms with Crippen molar-refractivity contribution in [2.75, 3.05) is 4.90 Å². The van der Waals surface area contributed by atoms with Gasteiger partial charge in [0.1, 0.15) is 0 Å². The van der Waals surface area contributed by atoms with Crippen molar-refractivity contribution < 1.29 is 0 Å². The van der Waals surface area contributed by atoms with E-state index in [2.05, 4.69) is 181 Å². The first-order chi connectivity index (χ1) is 22.3. The first-order valence-corrected chi connectivity index (χ1v) is 15.5. The molecule has 0 atom stereocenters. The lowest BCUT2D eigenvalue weighted by Crippen LogP contribution is -2.10. The van der Waals surface area contributed by atoms with Crippen molar-refractivity contribution >= 4 is 70.9 Å². The number of fused-ring (bicyclic) bond motifs is 9. The molecule has 0 N–H and O–H groups in total. The van der Waals surface area contributed by atoms with E-state index in [9.17, 15) is 0 Å². The van der Waals surface area contributed by atoms with Gasteiger partial charge in [-0.25, -0.2) is 0 Å². The summed E-state index contributed by atoms with van der Waals surface area (Å²) >= 11 is 0. The molecule has 0 fully saturated rings. The predicted molar refractivity (Wildman–Crippen MR) is 194 cm³/mol. The molecule has 0 saturated heterocycles. The van der Waals surface area contributed by atoms with Crippen molar-refractivity contribution in [2.24, 2.45) is 0 Å². The second kappa shape index (κ2) is 10.4. The Morgan fingerprint density at radius 1 is 0.244 bits per heavy atom. The SMILES string of the molecule is c1ccc(-c2ccc(N(c3ccc4c(ccc5ccccc54)c3)c3ccc4c5ccccc5c5ccccc5c4c3)cc2)cc1. The van der Waals surface area contributed by atoms with Crippen LogP contribution in [-0.4, -0.2) is 0 Å². The molecule has 0 heterocycles. The van der Waals surface area contributed by atoms with Gasteiger partial charge in [-0.05, 0) is 101 Å². The van der Waals surface area contributed by atoms with E-state index in [1.54, 1.807) is 0 Å². The molecule has 9 aromatic rings. The van der Waals surface area contributed by atoms with Gasteiger partial charge in [0, 0.05) is 17.1 Å². The van der Waals surface area contributed by atoms with Crippen LogP contribution in [0.5, 0.6) is 0 Å². The molecule has 45 heavy (non-hydrogen) atoms. The molecule has 0 aliphatic carbocycles. The van der Waals surface area contributed by atoms with Gasteiger partial charge in [-0.1, -0.05) is 140 Å².